The number of carbonyl (C=O) groups is 1. The third-order valence-corrected chi connectivity index (χ3v) is 2.77. The van der Waals surface area contributed by atoms with Gasteiger partial charge in [-0.2, -0.15) is 0 Å². The summed E-state index contributed by atoms with van der Waals surface area (Å²) < 4.78 is 4.67. The van der Waals surface area contributed by atoms with Crippen molar-refractivity contribution >= 4 is 5.97 Å². The fraction of sp³-hybridized carbons (Fsp3) is 0.500. The van der Waals surface area contributed by atoms with Gasteiger partial charge in [-0.05, 0) is 12.0 Å². The van der Waals surface area contributed by atoms with Crippen LogP contribution in [0.3, 0.4) is 0 Å². The first-order valence-electron chi connectivity index (χ1n) is 6.16. The molecule has 0 spiro atoms. The Morgan fingerprint density at radius 1 is 1.39 bits per heavy atom. The van der Waals surface area contributed by atoms with Gasteiger partial charge in [-0.15, -0.1) is 0 Å². The van der Waals surface area contributed by atoms with Gasteiger partial charge >= 0.3 is 5.97 Å². The van der Waals surface area contributed by atoms with Crippen molar-refractivity contribution < 1.29 is 14.6 Å². The van der Waals surface area contributed by atoms with Crippen molar-refractivity contribution in [2.24, 2.45) is 0 Å². The Morgan fingerprint density at radius 3 is 2.61 bits per heavy atom. The van der Waals surface area contributed by atoms with E-state index < -0.39 is 6.10 Å². The summed E-state index contributed by atoms with van der Waals surface area (Å²) in [7, 11) is 1.37. The lowest BCUT2D eigenvalue weighted by Crippen LogP contribution is -2.36. The smallest absolute Gasteiger partial charge is 0.319 e. The quantitative estimate of drug-likeness (QED) is 0.745. The van der Waals surface area contributed by atoms with E-state index in [2.05, 4.69) is 4.74 Å². The lowest BCUT2D eigenvalue weighted by molar-refractivity contribution is -0.142. The maximum absolute atomic E-state index is 11.3. The summed E-state index contributed by atoms with van der Waals surface area (Å²) in [5, 5.41) is 9.70. The Hall–Kier alpha value is -1.39. The van der Waals surface area contributed by atoms with Crippen LogP contribution >= 0.6 is 0 Å². The zero-order valence-corrected chi connectivity index (χ0v) is 11.0. The van der Waals surface area contributed by atoms with Crippen molar-refractivity contribution in [2.75, 3.05) is 20.2 Å². The molecule has 0 unspecified atom stereocenters. The predicted molar refractivity (Wildman–Crippen MR) is 70.0 cm³/mol. The zero-order valence-electron chi connectivity index (χ0n) is 11.0. The maximum atomic E-state index is 11.3. The largest absolute Gasteiger partial charge is 0.468 e. The molecule has 1 aromatic rings. The molecule has 1 rings (SSSR count). The van der Waals surface area contributed by atoms with Crippen molar-refractivity contribution in [2.45, 2.75) is 26.0 Å². The number of hydrogen-bond acceptors (Lipinski definition) is 4. The maximum Gasteiger partial charge on any atom is 0.319 e. The van der Waals surface area contributed by atoms with Gasteiger partial charge in [-0.1, -0.05) is 37.3 Å². The summed E-state index contributed by atoms with van der Waals surface area (Å²) in [5.41, 5.74) is 1.12. The third kappa shape index (κ3) is 5.29. The molecule has 0 aliphatic rings. The Morgan fingerprint density at radius 2 is 2.06 bits per heavy atom. The van der Waals surface area contributed by atoms with E-state index in [1.807, 2.05) is 42.2 Å². The van der Waals surface area contributed by atoms with Crippen LogP contribution in [0.4, 0.5) is 0 Å². The lowest BCUT2D eigenvalue weighted by Gasteiger charge is -2.23. The summed E-state index contributed by atoms with van der Waals surface area (Å²) in [4.78, 5) is 13.2. The molecule has 4 heteroatoms. The average Bonchev–Trinajstić information content (AvgIpc) is 2.39. The van der Waals surface area contributed by atoms with E-state index in [0.29, 0.717) is 19.5 Å². The highest BCUT2D eigenvalue weighted by molar-refractivity contribution is 5.71. The predicted octanol–water partition coefficient (Wildman–Crippen LogP) is 1.43. The number of benzene rings is 1. The van der Waals surface area contributed by atoms with Gasteiger partial charge in [0.1, 0.15) is 0 Å². The fourth-order valence-corrected chi connectivity index (χ4v) is 1.70. The summed E-state index contributed by atoms with van der Waals surface area (Å²) in [6, 6.07) is 9.88. The molecule has 1 atom stereocenters. The van der Waals surface area contributed by atoms with Crippen LogP contribution < -0.4 is 0 Å². The first-order valence-corrected chi connectivity index (χ1v) is 6.16. The van der Waals surface area contributed by atoms with Gasteiger partial charge in [0, 0.05) is 13.1 Å². The van der Waals surface area contributed by atoms with Crippen molar-refractivity contribution in [1.82, 2.24) is 4.90 Å². The molecule has 1 N–H and O–H groups in total. The van der Waals surface area contributed by atoms with Crippen LogP contribution in [-0.4, -0.2) is 42.3 Å². The third-order valence-electron chi connectivity index (χ3n) is 2.77. The highest BCUT2D eigenvalue weighted by Crippen LogP contribution is 2.06. The molecule has 0 heterocycles. The van der Waals surface area contributed by atoms with Gasteiger partial charge < -0.3 is 9.84 Å². The van der Waals surface area contributed by atoms with Crippen molar-refractivity contribution in [3.05, 3.63) is 35.9 Å². The highest BCUT2D eigenvalue weighted by Gasteiger charge is 2.14. The number of hydrogen-bond donors (Lipinski definition) is 1. The minimum absolute atomic E-state index is 0.197. The standard InChI is InChI=1S/C14H21NO3/c1-3-13(16)10-15(11-14(17)18-2)9-12-7-5-4-6-8-12/h4-8,13,16H,3,9-11H2,1-2H3/t13-/m1/s1. The van der Waals surface area contributed by atoms with Crippen LogP contribution in [0.25, 0.3) is 0 Å². The van der Waals surface area contributed by atoms with Gasteiger partial charge in [0.05, 0.1) is 19.8 Å². The number of aliphatic hydroxyl groups is 1. The molecule has 0 bridgehead atoms. The molecule has 0 aromatic heterocycles. The number of nitrogens with zero attached hydrogens (tertiary/aromatic N) is 1. The van der Waals surface area contributed by atoms with Crippen LogP contribution in [0.2, 0.25) is 0 Å². The van der Waals surface area contributed by atoms with E-state index in [9.17, 15) is 9.90 Å². The van der Waals surface area contributed by atoms with Crippen LogP contribution in [0.1, 0.15) is 18.9 Å². The second-order valence-corrected chi connectivity index (χ2v) is 4.29. The Kier molecular flexibility index (Phi) is 6.39. The van der Waals surface area contributed by atoms with E-state index in [0.717, 1.165) is 5.56 Å². The number of methoxy groups -OCH3 is 1. The summed E-state index contributed by atoms with van der Waals surface area (Å²) in [5.74, 6) is -0.283. The van der Waals surface area contributed by atoms with Crippen LogP contribution in [0.15, 0.2) is 30.3 Å². The molecule has 4 nitrogen and oxygen atoms in total. The number of esters is 1. The summed E-state index contributed by atoms with van der Waals surface area (Å²) in [6.07, 6.45) is 0.255. The Labute approximate surface area is 108 Å². The molecule has 0 saturated carbocycles. The van der Waals surface area contributed by atoms with Gasteiger partial charge in [0.2, 0.25) is 0 Å². The normalized spacial score (nSPS) is 12.4. The van der Waals surface area contributed by atoms with Gasteiger partial charge in [0.25, 0.3) is 0 Å². The van der Waals surface area contributed by atoms with E-state index >= 15 is 0 Å². The fourth-order valence-electron chi connectivity index (χ4n) is 1.70. The van der Waals surface area contributed by atoms with E-state index in [4.69, 9.17) is 0 Å². The molecule has 0 saturated heterocycles. The van der Waals surface area contributed by atoms with E-state index in [1.54, 1.807) is 0 Å². The van der Waals surface area contributed by atoms with E-state index in [1.165, 1.54) is 7.11 Å². The van der Waals surface area contributed by atoms with E-state index in [-0.39, 0.29) is 12.5 Å². The lowest BCUT2D eigenvalue weighted by atomic mass is 10.2. The van der Waals surface area contributed by atoms with Crippen LogP contribution in [0, 0.1) is 0 Å². The molecule has 1 aromatic carbocycles. The summed E-state index contributed by atoms with van der Waals surface area (Å²) >= 11 is 0. The molecule has 0 amide bonds. The number of rotatable bonds is 7. The summed E-state index contributed by atoms with van der Waals surface area (Å²) in [6.45, 7) is 3.22. The molecular weight excluding hydrogens is 230 g/mol. The van der Waals surface area contributed by atoms with Gasteiger partial charge in [0.15, 0.2) is 0 Å². The number of ether oxygens (including phenoxy) is 1. The topological polar surface area (TPSA) is 49.8 Å². The van der Waals surface area contributed by atoms with Crippen LogP contribution in [-0.2, 0) is 16.1 Å². The highest BCUT2D eigenvalue weighted by atomic mass is 16.5. The second kappa shape index (κ2) is 7.84. The molecule has 0 radical (unpaired) electrons. The molecule has 100 valence electrons. The zero-order chi connectivity index (χ0) is 13.4. The van der Waals surface area contributed by atoms with Crippen molar-refractivity contribution in [3.8, 4) is 0 Å². The Balaban J connectivity index is 2.62. The molecule has 0 aliphatic carbocycles. The van der Waals surface area contributed by atoms with Gasteiger partial charge in [-0.25, -0.2) is 0 Å². The van der Waals surface area contributed by atoms with Crippen molar-refractivity contribution in [1.29, 1.82) is 0 Å². The minimum Gasteiger partial charge on any atom is -0.468 e. The average molecular weight is 251 g/mol. The first-order chi connectivity index (χ1) is 8.65. The molecular formula is C14H21NO3. The van der Waals surface area contributed by atoms with Crippen molar-refractivity contribution in [3.63, 3.8) is 0 Å². The Bertz CT molecular complexity index is 353. The molecule has 0 fully saturated rings. The monoisotopic (exact) mass is 251 g/mol. The second-order valence-electron chi connectivity index (χ2n) is 4.29. The minimum atomic E-state index is -0.418. The van der Waals surface area contributed by atoms with Gasteiger partial charge in [-0.3, -0.25) is 9.69 Å². The molecule has 18 heavy (non-hydrogen) atoms. The number of aliphatic hydroxyl groups excluding tert-OH is 1. The first kappa shape index (κ1) is 14.7. The van der Waals surface area contributed by atoms with Crippen LogP contribution in [0.5, 0.6) is 0 Å². The molecule has 0 aliphatic heterocycles. The number of carbonyl (C=O) groups excluding carboxylic acids is 1. The SMILES string of the molecule is CC[C@@H](O)CN(CC(=O)OC)Cc1ccccc1.